The Hall–Kier alpha value is -1.29. The van der Waals surface area contributed by atoms with Gasteiger partial charge < -0.3 is 15.3 Å². The smallest absolute Gasteiger partial charge is 0.313 e. The zero-order valence-corrected chi connectivity index (χ0v) is 8.68. The first-order chi connectivity index (χ1) is 6.99. The van der Waals surface area contributed by atoms with Gasteiger partial charge in [-0.1, -0.05) is 25.8 Å². The zero-order chi connectivity index (χ0) is 11.5. The second kappa shape index (κ2) is 4.49. The molecular formula is C11H16O4. The lowest BCUT2D eigenvalue weighted by Crippen LogP contribution is -2.41. The molecule has 0 amide bonds. The van der Waals surface area contributed by atoms with E-state index in [1.54, 1.807) is 0 Å². The van der Waals surface area contributed by atoms with Crippen molar-refractivity contribution in [3.8, 4) is 0 Å². The van der Waals surface area contributed by atoms with Gasteiger partial charge in [-0.2, -0.15) is 0 Å². The van der Waals surface area contributed by atoms with E-state index in [0.29, 0.717) is 6.42 Å². The molecule has 0 fully saturated rings. The van der Waals surface area contributed by atoms with Gasteiger partial charge in [0.15, 0.2) is 0 Å². The number of carboxylic acid groups (broad SMARTS) is 1. The normalized spacial score (nSPS) is 30.0. The zero-order valence-electron chi connectivity index (χ0n) is 8.68. The predicted molar refractivity (Wildman–Crippen MR) is 55.5 cm³/mol. The highest BCUT2D eigenvalue weighted by Crippen LogP contribution is 2.31. The third-order valence-electron chi connectivity index (χ3n) is 2.59. The first-order valence-electron chi connectivity index (χ1n) is 5.05. The molecule has 0 radical (unpaired) electrons. The fraction of sp³-hybridized carbons (Fsp3) is 0.545. The molecule has 4 nitrogen and oxygen atoms in total. The van der Waals surface area contributed by atoms with Gasteiger partial charge in [-0.25, -0.2) is 0 Å². The van der Waals surface area contributed by atoms with E-state index < -0.39 is 17.5 Å². The molecule has 2 atom stereocenters. The summed E-state index contributed by atoms with van der Waals surface area (Å²) in [5.74, 6) is -2.13. The van der Waals surface area contributed by atoms with Crippen LogP contribution in [0.5, 0.6) is 0 Å². The van der Waals surface area contributed by atoms with E-state index in [2.05, 4.69) is 0 Å². The van der Waals surface area contributed by atoms with E-state index in [0.717, 1.165) is 12.8 Å². The van der Waals surface area contributed by atoms with Crippen LogP contribution in [0.25, 0.3) is 0 Å². The van der Waals surface area contributed by atoms with Crippen molar-refractivity contribution in [3.05, 3.63) is 24.0 Å². The molecule has 0 heterocycles. The molecular weight excluding hydrogens is 196 g/mol. The Labute approximate surface area is 88.5 Å². The lowest BCUT2D eigenvalue weighted by molar-refractivity contribution is -0.146. The average Bonchev–Trinajstić information content (AvgIpc) is 2.14. The van der Waals surface area contributed by atoms with Crippen molar-refractivity contribution in [2.45, 2.75) is 31.8 Å². The van der Waals surface area contributed by atoms with Crippen LogP contribution in [0.4, 0.5) is 0 Å². The van der Waals surface area contributed by atoms with E-state index in [-0.39, 0.29) is 5.76 Å². The SMILES string of the molecule is CCCCC1(O)C=C(O)C=CC1C(=O)O. The molecule has 0 saturated heterocycles. The number of carboxylic acids is 1. The molecule has 1 aliphatic carbocycles. The summed E-state index contributed by atoms with van der Waals surface area (Å²) >= 11 is 0. The molecule has 15 heavy (non-hydrogen) atoms. The minimum absolute atomic E-state index is 0.0777. The van der Waals surface area contributed by atoms with E-state index >= 15 is 0 Å². The summed E-state index contributed by atoms with van der Waals surface area (Å²) in [6.07, 6.45) is 5.79. The molecule has 84 valence electrons. The van der Waals surface area contributed by atoms with Crippen molar-refractivity contribution >= 4 is 5.97 Å². The first kappa shape index (κ1) is 11.8. The van der Waals surface area contributed by atoms with Crippen molar-refractivity contribution < 1.29 is 20.1 Å². The molecule has 0 saturated carbocycles. The number of carbonyl (C=O) groups is 1. The van der Waals surface area contributed by atoms with Gasteiger partial charge in [0.25, 0.3) is 0 Å². The Morgan fingerprint density at radius 2 is 2.27 bits per heavy atom. The highest BCUT2D eigenvalue weighted by molar-refractivity contribution is 5.75. The van der Waals surface area contributed by atoms with Gasteiger partial charge in [0.1, 0.15) is 17.3 Å². The van der Waals surface area contributed by atoms with Gasteiger partial charge in [-0.15, -0.1) is 0 Å². The van der Waals surface area contributed by atoms with Crippen molar-refractivity contribution in [3.63, 3.8) is 0 Å². The highest BCUT2D eigenvalue weighted by Gasteiger charge is 2.39. The topological polar surface area (TPSA) is 77.8 Å². The number of unbranched alkanes of at least 4 members (excludes halogenated alkanes) is 1. The molecule has 1 aliphatic rings. The molecule has 0 aromatic rings. The molecule has 1 rings (SSSR count). The van der Waals surface area contributed by atoms with Crippen molar-refractivity contribution in [1.29, 1.82) is 0 Å². The Kier molecular flexibility index (Phi) is 3.52. The number of hydrogen-bond acceptors (Lipinski definition) is 3. The van der Waals surface area contributed by atoms with Crippen LogP contribution < -0.4 is 0 Å². The summed E-state index contributed by atoms with van der Waals surface area (Å²) in [7, 11) is 0. The van der Waals surface area contributed by atoms with E-state index in [9.17, 15) is 15.0 Å². The van der Waals surface area contributed by atoms with Crippen LogP contribution in [0.1, 0.15) is 26.2 Å². The Balaban J connectivity index is 2.89. The first-order valence-corrected chi connectivity index (χ1v) is 5.05. The molecule has 0 bridgehead atoms. The van der Waals surface area contributed by atoms with Gasteiger partial charge >= 0.3 is 5.97 Å². The fourth-order valence-corrected chi connectivity index (χ4v) is 1.74. The standard InChI is InChI=1S/C11H16O4/c1-2-3-6-11(15)7-8(12)4-5-9(11)10(13)14/h4-5,7,9,12,15H,2-3,6H2,1H3,(H,13,14). The molecule has 3 N–H and O–H groups in total. The second-order valence-electron chi connectivity index (χ2n) is 3.84. The molecule has 0 aromatic heterocycles. The van der Waals surface area contributed by atoms with Crippen LogP contribution in [0.2, 0.25) is 0 Å². The lowest BCUT2D eigenvalue weighted by Gasteiger charge is -2.31. The summed E-state index contributed by atoms with van der Waals surface area (Å²) in [6, 6.07) is 0. The summed E-state index contributed by atoms with van der Waals surface area (Å²) < 4.78 is 0. The number of aliphatic hydroxyl groups is 2. The van der Waals surface area contributed by atoms with Crippen molar-refractivity contribution in [2.75, 3.05) is 0 Å². The quantitative estimate of drug-likeness (QED) is 0.661. The minimum Gasteiger partial charge on any atom is -0.508 e. The Morgan fingerprint density at radius 1 is 1.60 bits per heavy atom. The Morgan fingerprint density at radius 3 is 2.80 bits per heavy atom. The largest absolute Gasteiger partial charge is 0.508 e. The maximum Gasteiger partial charge on any atom is 0.313 e. The van der Waals surface area contributed by atoms with Crippen molar-refractivity contribution in [2.24, 2.45) is 5.92 Å². The molecule has 2 unspecified atom stereocenters. The summed E-state index contributed by atoms with van der Waals surface area (Å²) in [6.45, 7) is 1.96. The van der Waals surface area contributed by atoms with Gasteiger partial charge in [0.2, 0.25) is 0 Å². The molecule has 0 aromatic carbocycles. The van der Waals surface area contributed by atoms with Crippen LogP contribution in [0, 0.1) is 5.92 Å². The van der Waals surface area contributed by atoms with Gasteiger partial charge in [0, 0.05) is 0 Å². The second-order valence-corrected chi connectivity index (χ2v) is 3.84. The molecule has 0 aliphatic heterocycles. The fourth-order valence-electron chi connectivity index (χ4n) is 1.74. The van der Waals surface area contributed by atoms with Gasteiger partial charge in [-0.3, -0.25) is 4.79 Å². The molecule has 0 spiro atoms. The third-order valence-corrected chi connectivity index (χ3v) is 2.59. The average molecular weight is 212 g/mol. The molecule has 4 heteroatoms. The van der Waals surface area contributed by atoms with Crippen LogP contribution in [0.3, 0.4) is 0 Å². The number of rotatable bonds is 4. The van der Waals surface area contributed by atoms with Gasteiger partial charge in [0.05, 0.1) is 0 Å². The monoisotopic (exact) mass is 212 g/mol. The van der Waals surface area contributed by atoms with E-state index in [1.807, 2.05) is 6.92 Å². The number of aliphatic carboxylic acids is 1. The maximum atomic E-state index is 10.9. The Bertz CT molecular complexity index is 306. The van der Waals surface area contributed by atoms with E-state index in [4.69, 9.17) is 5.11 Å². The van der Waals surface area contributed by atoms with Gasteiger partial charge in [-0.05, 0) is 18.6 Å². The highest BCUT2D eigenvalue weighted by atomic mass is 16.4. The van der Waals surface area contributed by atoms with Crippen LogP contribution in [-0.4, -0.2) is 26.9 Å². The number of hydrogen-bond donors (Lipinski definition) is 3. The van der Waals surface area contributed by atoms with Crippen LogP contribution in [0.15, 0.2) is 24.0 Å². The van der Waals surface area contributed by atoms with Crippen molar-refractivity contribution in [1.82, 2.24) is 0 Å². The number of allylic oxidation sites excluding steroid dienone is 1. The third kappa shape index (κ3) is 2.59. The summed E-state index contributed by atoms with van der Waals surface area (Å²) in [5.41, 5.74) is -1.46. The summed E-state index contributed by atoms with van der Waals surface area (Å²) in [4.78, 5) is 10.9. The van der Waals surface area contributed by atoms with Crippen LogP contribution in [-0.2, 0) is 4.79 Å². The maximum absolute atomic E-state index is 10.9. The van der Waals surface area contributed by atoms with Crippen LogP contribution >= 0.6 is 0 Å². The van der Waals surface area contributed by atoms with E-state index in [1.165, 1.54) is 18.2 Å². The number of aliphatic hydroxyl groups excluding tert-OH is 1. The summed E-state index contributed by atoms with van der Waals surface area (Å²) in [5, 5.41) is 28.3. The minimum atomic E-state index is -1.46. The predicted octanol–water partition coefficient (Wildman–Crippen LogP) is 1.62. The lowest BCUT2D eigenvalue weighted by atomic mass is 9.80.